The number of rotatable bonds is 4. The summed E-state index contributed by atoms with van der Waals surface area (Å²) in [5.74, 6) is -0.151. The van der Waals surface area contributed by atoms with E-state index in [1.807, 2.05) is 10.9 Å². The number of sulfone groups is 1. The van der Waals surface area contributed by atoms with Crippen LogP contribution in [-0.2, 0) is 15.6 Å². The first-order valence-electron chi connectivity index (χ1n) is 6.27. The van der Waals surface area contributed by atoms with Gasteiger partial charge in [-0.05, 0) is 18.9 Å². The standard InChI is InChI=1S/C11H15N5O2S/c17-19(18,11-12-8-13-14-11)7-9-5-6-16(15-9)10-3-1-2-4-10/h5-6,8,10H,1-4,7H2,(H,12,13,14). The Kier molecular flexibility index (Phi) is 3.09. The molecule has 1 N–H and O–H groups in total. The number of hydrogen-bond acceptors (Lipinski definition) is 5. The monoisotopic (exact) mass is 281 g/mol. The molecule has 0 aliphatic heterocycles. The largest absolute Gasteiger partial charge is 0.269 e. The lowest BCUT2D eigenvalue weighted by molar-refractivity contribution is 0.464. The summed E-state index contributed by atoms with van der Waals surface area (Å²) in [5, 5.41) is 10.2. The molecule has 0 amide bonds. The number of nitrogens with zero attached hydrogens (tertiary/aromatic N) is 4. The zero-order valence-electron chi connectivity index (χ0n) is 10.4. The van der Waals surface area contributed by atoms with Gasteiger partial charge in [-0.15, -0.1) is 0 Å². The van der Waals surface area contributed by atoms with Crippen molar-refractivity contribution in [3.8, 4) is 0 Å². The Morgan fingerprint density at radius 2 is 2.16 bits per heavy atom. The van der Waals surface area contributed by atoms with Crippen LogP contribution in [0.25, 0.3) is 0 Å². The molecule has 2 aromatic rings. The van der Waals surface area contributed by atoms with E-state index in [1.165, 1.54) is 19.2 Å². The molecule has 7 nitrogen and oxygen atoms in total. The van der Waals surface area contributed by atoms with Crippen LogP contribution in [0.3, 0.4) is 0 Å². The predicted molar refractivity (Wildman–Crippen MR) is 67.0 cm³/mol. The second-order valence-electron chi connectivity index (χ2n) is 4.78. The van der Waals surface area contributed by atoms with E-state index in [-0.39, 0.29) is 10.9 Å². The topological polar surface area (TPSA) is 93.5 Å². The van der Waals surface area contributed by atoms with Gasteiger partial charge in [0.25, 0.3) is 0 Å². The van der Waals surface area contributed by atoms with Crippen LogP contribution < -0.4 is 0 Å². The first-order valence-corrected chi connectivity index (χ1v) is 7.92. The quantitative estimate of drug-likeness (QED) is 0.905. The van der Waals surface area contributed by atoms with E-state index in [0.29, 0.717) is 11.7 Å². The smallest absolute Gasteiger partial charge is 0.243 e. The first kappa shape index (κ1) is 12.3. The van der Waals surface area contributed by atoms with E-state index >= 15 is 0 Å². The molecule has 2 aromatic heterocycles. The average Bonchev–Trinajstić information content (AvgIpc) is 3.11. The summed E-state index contributed by atoms with van der Waals surface area (Å²) in [5.41, 5.74) is 0.545. The highest BCUT2D eigenvalue weighted by molar-refractivity contribution is 7.90. The zero-order valence-corrected chi connectivity index (χ0v) is 11.2. The van der Waals surface area contributed by atoms with Gasteiger partial charge in [0.2, 0.25) is 15.0 Å². The summed E-state index contributed by atoms with van der Waals surface area (Å²) in [6.45, 7) is 0. The van der Waals surface area contributed by atoms with E-state index in [9.17, 15) is 8.42 Å². The number of nitrogens with one attached hydrogen (secondary N) is 1. The van der Waals surface area contributed by atoms with Crippen LogP contribution >= 0.6 is 0 Å². The molecule has 8 heteroatoms. The van der Waals surface area contributed by atoms with Crippen molar-refractivity contribution in [1.82, 2.24) is 25.0 Å². The molecule has 19 heavy (non-hydrogen) atoms. The number of aromatic amines is 1. The molecule has 1 fully saturated rings. The van der Waals surface area contributed by atoms with Crippen molar-refractivity contribution in [2.45, 2.75) is 42.6 Å². The van der Waals surface area contributed by atoms with Gasteiger partial charge in [0.1, 0.15) is 12.1 Å². The third-order valence-electron chi connectivity index (χ3n) is 3.39. The summed E-state index contributed by atoms with van der Waals surface area (Å²) in [6, 6.07) is 2.17. The van der Waals surface area contributed by atoms with Crippen LogP contribution in [0, 0.1) is 0 Å². The second kappa shape index (κ2) is 4.76. The fourth-order valence-corrected chi connectivity index (χ4v) is 3.51. The number of hydrogen-bond donors (Lipinski definition) is 1. The van der Waals surface area contributed by atoms with Crippen LogP contribution in [0.5, 0.6) is 0 Å². The Morgan fingerprint density at radius 3 is 2.84 bits per heavy atom. The summed E-state index contributed by atoms with van der Waals surface area (Å²) in [7, 11) is -3.49. The minimum absolute atomic E-state index is 0.108. The lowest BCUT2D eigenvalue weighted by atomic mass is 10.3. The minimum atomic E-state index is -3.49. The summed E-state index contributed by atoms with van der Waals surface area (Å²) in [4.78, 5) is 3.68. The van der Waals surface area contributed by atoms with E-state index < -0.39 is 9.84 Å². The van der Waals surface area contributed by atoms with Gasteiger partial charge in [-0.2, -0.15) is 10.2 Å². The SMILES string of the molecule is O=S(=O)(Cc1ccn(C2CCCC2)n1)c1ncn[nH]1. The molecule has 0 unspecified atom stereocenters. The van der Waals surface area contributed by atoms with Crippen molar-refractivity contribution in [2.24, 2.45) is 0 Å². The van der Waals surface area contributed by atoms with Gasteiger partial charge in [0.15, 0.2) is 0 Å². The molecule has 102 valence electrons. The van der Waals surface area contributed by atoms with Gasteiger partial charge in [-0.1, -0.05) is 12.8 Å². The third-order valence-corrected chi connectivity index (χ3v) is 4.85. The van der Waals surface area contributed by atoms with E-state index in [4.69, 9.17) is 0 Å². The van der Waals surface area contributed by atoms with Crippen molar-refractivity contribution >= 4 is 9.84 Å². The Labute approximate surface area is 111 Å². The maximum Gasteiger partial charge on any atom is 0.243 e. The Balaban J connectivity index is 1.77. The molecule has 3 rings (SSSR count). The number of aromatic nitrogens is 5. The summed E-state index contributed by atoms with van der Waals surface area (Å²) in [6.07, 6.45) is 7.73. The Morgan fingerprint density at radius 1 is 1.37 bits per heavy atom. The van der Waals surface area contributed by atoms with E-state index in [2.05, 4.69) is 20.3 Å². The minimum Gasteiger partial charge on any atom is -0.269 e. The molecule has 0 spiro atoms. The highest BCUT2D eigenvalue weighted by Gasteiger charge is 2.22. The summed E-state index contributed by atoms with van der Waals surface area (Å²) < 4.78 is 25.9. The average molecular weight is 281 g/mol. The molecule has 2 heterocycles. The van der Waals surface area contributed by atoms with Gasteiger partial charge >= 0.3 is 0 Å². The molecule has 0 saturated heterocycles. The molecule has 0 radical (unpaired) electrons. The van der Waals surface area contributed by atoms with Crippen LogP contribution in [0.2, 0.25) is 0 Å². The van der Waals surface area contributed by atoms with Crippen molar-refractivity contribution in [3.05, 3.63) is 24.3 Å². The predicted octanol–water partition coefficient (Wildman–Crippen LogP) is 1.09. The normalized spacial score (nSPS) is 17.1. The lowest BCUT2D eigenvalue weighted by Crippen LogP contribution is -2.10. The Hall–Kier alpha value is -1.70. The van der Waals surface area contributed by atoms with Crippen molar-refractivity contribution in [3.63, 3.8) is 0 Å². The molecular formula is C11H15N5O2S. The highest BCUT2D eigenvalue weighted by atomic mass is 32.2. The number of H-pyrrole nitrogens is 1. The van der Waals surface area contributed by atoms with Crippen LogP contribution in [-0.4, -0.2) is 33.4 Å². The summed E-state index contributed by atoms with van der Waals surface area (Å²) >= 11 is 0. The van der Waals surface area contributed by atoms with Crippen LogP contribution in [0.4, 0.5) is 0 Å². The Bertz CT molecular complexity index is 640. The fourth-order valence-electron chi connectivity index (χ4n) is 2.43. The van der Waals surface area contributed by atoms with Crippen molar-refractivity contribution in [1.29, 1.82) is 0 Å². The fraction of sp³-hybridized carbons (Fsp3) is 0.545. The van der Waals surface area contributed by atoms with Crippen molar-refractivity contribution < 1.29 is 8.42 Å². The van der Waals surface area contributed by atoms with E-state index in [1.54, 1.807) is 6.07 Å². The molecule has 1 aliphatic carbocycles. The zero-order chi connectivity index (χ0) is 13.3. The third kappa shape index (κ3) is 2.53. The van der Waals surface area contributed by atoms with Crippen LogP contribution in [0.15, 0.2) is 23.7 Å². The second-order valence-corrected chi connectivity index (χ2v) is 6.68. The molecular weight excluding hydrogens is 266 g/mol. The molecule has 0 bridgehead atoms. The van der Waals surface area contributed by atoms with Gasteiger partial charge < -0.3 is 0 Å². The first-order chi connectivity index (χ1) is 9.15. The highest BCUT2D eigenvalue weighted by Crippen LogP contribution is 2.28. The van der Waals surface area contributed by atoms with Gasteiger partial charge in [-0.25, -0.2) is 13.4 Å². The van der Waals surface area contributed by atoms with Gasteiger partial charge in [-0.3, -0.25) is 9.78 Å². The maximum atomic E-state index is 12.0. The molecule has 1 aliphatic rings. The van der Waals surface area contributed by atoms with Crippen LogP contribution in [0.1, 0.15) is 37.4 Å². The molecule has 0 aromatic carbocycles. The molecule has 0 atom stereocenters. The van der Waals surface area contributed by atoms with Gasteiger partial charge in [0, 0.05) is 6.20 Å². The van der Waals surface area contributed by atoms with E-state index in [0.717, 1.165) is 12.8 Å². The lowest BCUT2D eigenvalue weighted by Gasteiger charge is -2.08. The van der Waals surface area contributed by atoms with Gasteiger partial charge in [0.05, 0.1) is 11.7 Å². The van der Waals surface area contributed by atoms with Crippen molar-refractivity contribution in [2.75, 3.05) is 0 Å². The molecule has 1 saturated carbocycles. The maximum absolute atomic E-state index is 12.0.